The molecule has 2 aliphatic heterocycles. The number of esters is 1. The number of urea groups is 1. The highest BCUT2D eigenvalue weighted by Gasteiger charge is 2.45. The van der Waals surface area contributed by atoms with E-state index < -0.39 is 0 Å². The lowest BCUT2D eigenvalue weighted by atomic mass is 9.90. The van der Waals surface area contributed by atoms with Crippen LogP contribution in [0.25, 0.3) is 0 Å². The van der Waals surface area contributed by atoms with E-state index in [0.717, 1.165) is 19.4 Å². The number of hydrogen-bond donors (Lipinski definition) is 0. The largest absolute Gasteiger partial charge is 0.469 e. The van der Waals surface area contributed by atoms with Crippen LogP contribution in [0.3, 0.4) is 0 Å². The van der Waals surface area contributed by atoms with Crippen molar-refractivity contribution in [1.29, 1.82) is 0 Å². The smallest absolute Gasteiger partial charge is 0.320 e. The fourth-order valence-corrected chi connectivity index (χ4v) is 2.52. The molecule has 84 valence electrons. The van der Waals surface area contributed by atoms with E-state index in [4.69, 9.17) is 4.74 Å². The number of likely N-dealkylation sites (N-methyl/N-ethyl adjacent to an activating group) is 1. The summed E-state index contributed by atoms with van der Waals surface area (Å²) in [4.78, 5) is 26.7. The van der Waals surface area contributed by atoms with Crippen LogP contribution in [0.1, 0.15) is 12.8 Å². The third-order valence-corrected chi connectivity index (χ3v) is 3.32. The van der Waals surface area contributed by atoms with Crippen LogP contribution in [0.2, 0.25) is 0 Å². The maximum Gasteiger partial charge on any atom is 0.320 e. The van der Waals surface area contributed by atoms with Gasteiger partial charge in [-0.15, -0.1) is 0 Å². The first-order valence-corrected chi connectivity index (χ1v) is 5.24. The molecule has 0 spiro atoms. The average Bonchev–Trinajstić information content (AvgIpc) is 2.54. The maximum absolute atomic E-state index is 11.7. The van der Waals surface area contributed by atoms with Gasteiger partial charge in [0.15, 0.2) is 0 Å². The highest BCUT2D eigenvalue weighted by molar-refractivity contribution is 5.80. The molecule has 0 aliphatic carbocycles. The van der Waals surface area contributed by atoms with Crippen molar-refractivity contribution < 1.29 is 14.3 Å². The molecule has 2 aliphatic rings. The van der Waals surface area contributed by atoms with Crippen LogP contribution in [0, 0.1) is 5.92 Å². The molecule has 5 heteroatoms. The summed E-state index contributed by atoms with van der Waals surface area (Å²) in [5.74, 6) is -0.328. The van der Waals surface area contributed by atoms with Gasteiger partial charge in [0.25, 0.3) is 0 Å². The fraction of sp³-hybridized carbons (Fsp3) is 0.800. The number of piperidine rings is 1. The summed E-state index contributed by atoms with van der Waals surface area (Å²) >= 11 is 0. The Hall–Kier alpha value is -1.26. The maximum atomic E-state index is 11.7. The second kappa shape index (κ2) is 3.72. The minimum absolute atomic E-state index is 0.0173. The molecule has 2 rings (SSSR count). The molecule has 2 saturated heterocycles. The van der Waals surface area contributed by atoms with Crippen LogP contribution >= 0.6 is 0 Å². The lowest BCUT2D eigenvalue weighted by Gasteiger charge is -2.33. The average molecular weight is 212 g/mol. The Balaban J connectivity index is 2.16. The fourth-order valence-electron chi connectivity index (χ4n) is 2.52. The van der Waals surface area contributed by atoms with Crippen molar-refractivity contribution in [3.8, 4) is 0 Å². The molecule has 2 fully saturated rings. The third kappa shape index (κ3) is 1.56. The summed E-state index contributed by atoms with van der Waals surface area (Å²) in [6, 6.07) is 0.0531. The lowest BCUT2D eigenvalue weighted by Crippen LogP contribution is -2.46. The molecule has 0 aromatic heterocycles. The molecule has 2 atom stereocenters. The number of amides is 2. The standard InChI is InChI=1S/C10H16N2O3/c1-11-6-8-7(9(13)15-2)4-3-5-12(8)10(11)14/h7-8H,3-6H2,1-2H3. The van der Waals surface area contributed by atoms with E-state index in [1.807, 2.05) is 0 Å². The predicted molar refractivity (Wildman–Crippen MR) is 53.3 cm³/mol. The first-order valence-electron chi connectivity index (χ1n) is 5.24. The summed E-state index contributed by atoms with van der Waals surface area (Å²) < 4.78 is 4.77. The van der Waals surface area contributed by atoms with E-state index in [1.165, 1.54) is 7.11 Å². The zero-order valence-corrected chi connectivity index (χ0v) is 9.10. The first kappa shape index (κ1) is 10.3. The molecule has 2 heterocycles. The van der Waals surface area contributed by atoms with Gasteiger partial charge in [-0.2, -0.15) is 0 Å². The van der Waals surface area contributed by atoms with Crippen LogP contribution in [0.4, 0.5) is 4.79 Å². The van der Waals surface area contributed by atoms with Crippen LogP contribution in [-0.2, 0) is 9.53 Å². The third-order valence-electron chi connectivity index (χ3n) is 3.32. The Labute approximate surface area is 89.0 Å². The molecule has 15 heavy (non-hydrogen) atoms. The number of nitrogens with zero attached hydrogens (tertiary/aromatic N) is 2. The summed E-state index contributed by atoms with van der Waals surface area (Å²) in [6.45, 7) is 1.40. The Morgan fingerprint density at radius 1 is 1.53 bits per heavy atom. The SMILES string of the molecule is COC(=O)C1CCCN2C(=O)N(C)CC12. The number of methoxy groups -OCH3 is 1. The Morgan fingerprint density at radius 2 is 2.27 bits per heavy atom. The molecule has 0 N–H and O–H groups in total. The number of carbonyl (C=O) groups is 2. The summed E-state index contributed by atoms with van der Waals surface area (Å²) in [6.07, 6.45) is 1.71. The van der Waals surface area contributed by atoms with Gasteiger partial charge in [0, 0.05) is 20.1 Å². The van der Waals surface area contributed by atoms with Gasteiger partial charge < -0.3 is 14.5 Å². The van der Waals surface area contributed by atoms with Crippen molar-refractivity contribution in [2.75, 3.05) is 27.2 Å². The van der Waals surface area contributed by atoms with Gasteiger partial charge in [-0.25, -0.2) is 4.79 Å². The molecule has 2 unspecified atom stereocenters. The number of fused-ring (bicyclic) bond motifs is 1. The quantitative estimate of drug-likeness (QED) is 0.588. The van der Waals surface area contributed by atoms with Crippen LogP contribution in [-0.4, -0.2) is 55.1 Å². The molecular formula is C10H16N2O3. The highest BCUT2D eigenvalue weighted by Crippen LogP contribution is 2.30. The van der Waals surface area contributed by atoms with E-state index in [1.54, 1.807) is 16.8 Å². The molecule has 0 saturated carbocycles. The highest BCUT2D eigenvalue weighted by atomic mass is 16.5. The van der Waals surface area contributed by atoms with Gasteiger partial charge in [0.05, 0.1) is 19.1 Å². The van der Waals surface area contributed by atoms with Crippen molar-refractivity contribution in [2.45, 2.75) is 18.9 Å². The zero-order chi connectivity index (χ0) is 11.0. The molecule has 0 bridgehead atoms. The van der Waals surface area contributed by atoms with E-state index in [0.29, 0.717) is 6.54 Å². The molecular weight excluding hydrogens is 196 g/mol. The number of rotatable bonds is 1. The van der Waals surface area contributed by atoms with Crippen LogP contribution < -0.4 is 0 Å². The van der Waals surface area contributed by atoms with Crippen LogP contribution in [0.15, 0.2) is 0 Å². The summed E-state index contributed by atoms with van der Waals surface area (Å²) in [5.41, 5.74) is 0. The van der Waals surface area contributed by atoms with Gasteiger partial charge in [-0.3, -0.25) is 4.79 Å². The van der Waals surface area contributed by atoms with Crippen LogP contribution in [0.5, 0.6) is 0 Å². The van der Waals surface area contributed by atoms with E-state index in [2.05, 4.69) is 0 Å². The van der Waals surface area contributed by atoms with Gasteiger partial charge in [-0.05, 0) is 12.8 Å². The monoisotopic (exact) mass is 212 g/mol. The van der Waals surface area contributed by atoms with Gasteiger partial charge in [-0.1, -0.05) is 0 Å². The van der Waals surface area contributed by atoms with E-state index in [-0.39, 0.29) is 24.0 Å². The molecule has 0 radical (unpaired) electrons. The Bertz CT molecular complexity index is 292. The van der Waals surface area contributed by atoms with Gasteiger partial charge >= 0.3 is 12.0 Å². The molecule has 5 nitrogen and oxygen atoms in total. The Kier molecular flexibility index (Phi) is 2.54. The predicted octanol–water partition coefficient (Wildman–Crippen LogP) is 0.305. The van der Waals surface area contributed by atoms with Crippen molar-refractivity contribution in [2.24, 2.45) is 5.92 Å². The summed E-state index contributed by atoms with van der Waals surface area (Å²) in [5, 5.41) is 0. The van der Waals surface area contributed by atoms with Crippen molar-refractivity contribution >= 4 is 12.0 Å². The van der Waals surface area contributed by atoms with Crippen molar-refractivity contribution in [1.82, 2.24) is 9.80 Å². The summed E-state index contributed by atoms with van der Waals surface area (Å²) in [7, 11) is 3.18. The van der Waals surface area contributed by atoms with Gasteiger partial charge in [0.1, 0.15) is 0 Å². The number of carbonyl (C=O) groups excluding carboxylic acids is 2. The van der Waals surface area contributed by atoms with E-state index in [9.17, 15) is 9.59 Å². The second-order valence-corrected chi connectivity index (χ2v) is 4.20. The minimum Gasteiger partial charge on any atom is -0.469 e. The normalized spacial score (nSPS) is 30.4. The Morgan fingerprint density at radius 3 is 2.93 bits per heavy atom. The van der Waals surface area contributed by atoms with Crippen molar-refractivity contribution in [3.63, 3.8) is 0 Å². The molecule has 0 aromatic carbocycles. The molecule has 2 amide bonds. The van der Waals surface area contributed by atoms with Gasteiger partial charge in [0.2, 0.25) is 0 Å². The topological polar surface area (TPSA) is 49.9 Å². The lowest BCUT2D eigenvalue weighted by molar-refractivity contribution is -0.148. The zero-order valence-electron chi connectivity index (χ0n) is 9.10. The minimum atomic E-state index is -0.187. The first-order chi connectivity index (χ1) is 7.15. The second-order valence-electron chi connectivity index (χ2n) is 4.20. The van der Waals surface area contributed by atoms with E-state index >= 15 is 0 Å². The van der Waals surface area contributed by atoms with Crippen molar-refractivity contribution in [3.05, 3.63) is 0 Å². The number of ether oxygens (including phenoxy) is 1. The molecule has 0 aromatic rings. The number of hydrogen-bond acceptors (Lipinski definition) is 3.